The number of hydrogen-bond donors (Lipinski definition) is 1. The molecule has 4 rings (SSSR count). The van der Waals surface area contributed by atoms with Crippen molar-refractivity contribution < 1.29 is 4.79 Å². The minimum Gasteiger partial charge on any atom is -0.353 e. The average Bonchev–Trinajstić information content (AvgIpc) is 3.21. The molecule has 1 amide bonds. The van der Waals surface area contributed by atoms with Crippen molar-refractivity contribution in [3.8, 4) is 11.4 Å². The summed E-state index contributed by atoms with van der Waals surface area (Å²) in [5.41, 5.74) is 2.19. The molecule has 0 atom stereocenters. The highest BCUT2D eigenvalue weighted by molar-refractivity contribution is 7.99. The van der Waals surface area contributed by atoms with Gasteiger partial charge in [0.15, 0.2) is 11.0 Å². The zero-order chi connectivity index (χ0) is 20.6. The molecule has 0 unspecified atom stereocenters. The first-order valence-corrected chi connectivity index (χ1v) is 11.6. The minimum atomic E-state index is 0.0763. The van der Waals surface area contributed by atoms with Gasteiger partial charge in [-0.3, -0.25) is 9.78 Å². The summed E-state index contributed by atoms with van der Waals surface area (Å²) in [6.45, 7) is 0.744. The summed E-state index contributed by atoms with van der Waals surface area (Å²) in [4.78, 5) is 16.7. The van der Waals surface area contributed by atoms with Crippen molar-refractivity contribution in [3.05, 3.63) is 60.4 Å². The first kappa shape index (κ1) is 20.6. The van der Waals surface area contributed by atoms with E-state index in [1.807, 2.05) is 18.2 Å². The van der Waals surface area contributed by atoms with E-state index >= 15 is 0 Å². The van der Waals surface area contributed by atoms with Crippen molar-refractivity contribution in [2.75, 3.05) is 5.75 Å². The van der Waals surface area contributed by atoms with Gasteiger partial charge in [0.25, 0.3) is 0 Å². The van der Waals surface area contributed by atoms with Crippen LogP contribution in [0.1, 0.15) is 37.7 Å². The summed E-state index contributed by atoms with van der Waals surface area (Å²) >= 11 is 1.45. The molecule has 0 bridgehead atoms. The number of carbonyl (C=O) groups is 1. The number of aryl methyl sites for hydroxylation is 1. The number of rotatable bonds is 8. The Bertz CT molecular complexity index is 939. The number of amides is 1. The van der Waals surface area contributed by atoms with E-state index in [0.29, 0.717) is 11.8 Å². The highest BCUT2D eigenvalue weighted by Crippen LogP contribution is 2.24. The molecule has 1 aliphatic carbocycles. The maximum absolute atomic E-state index is 12.5. The minimum absolute atomic E-state index is 0.0763. The molecule has 1 aromatic carbocycles. The molecular formula is C23H27N5OS. The number of thioether (sulfide) groups is 1. The van der Waals surface area contributed by atoms with Gasteiger partial charge in [-0.1, -0.05) is 61.4 Å². The van der Waals surface area contributed by atoms with Crippen molar-refractivity contribution >= 4 is 17.7 Å². The first-order valence-electron chi connectivity index (χ1n) is 10.6. The Morgan fingerprint density at radius 3 is 2.67 bits per heavy atom. The van der Waals surface area contributed by atoms with Crippen LogP contribution in [-0.2, 0) is 17.8 Å². The summed E-state index contributed by atoms with van der Waals surface area (Å²) in [5.74, 6) is 1.22. The molecule has 7 heteroatoms. The molecule has 1 saturated carbocycles. The zero-order valence-corrected chi connectivity index (χ0v) is 17.9. The van der Waals surface area contributed by atoms with Crippen LogP contribution in [0.2, 0.25) is 0 Å². The fraction of sp³-hybridized carbons (Fsp3) is 0.391. The van der Waals surface area contributed by atoms with E-state index in [9.17, 15) is 4.79 Å². The molecule has 0 saturated heterocycles. The lowest BCUT2D eigenvalue weighted by Crippen LogP contribution is -2.37. The van der Waals surface area contributed by atoms with Crippen LogP contribution < -0.4 is 5.32 Å². The van der Waals surface area contributed by atoms with Gasteiger partial charge in [-0.2, -0.15) is 0 Å². The van der Waals surface area contributed by atoms with Crippen LogP contribution in [0.25, 0.3) is 11.4 Å². The third-order valence-electron chi connectivity index (χ3n) is 5.41. The van der Waals surface area contributed by atoms with E-state index in [1.54, 1.807) is 12.4 Å². The van der Waals surface area contributed by atoms with Gasteiger partial charge in [-0.05, 0) is 37.0 Å². The van der Waals surface area contributed by atoms with Gasteiger partial charge in [0.05, 0.1) is 5.75 Å². The van der Waals surface area contributed by atoms with Crippen LogP contribution in [-0.4, -0.2) is 37.5 Å². The Morgan fingerprint density at radius 1 is 1.07 bits per heavy atom. The molecule has 2 aromatic heterocycles. The molecule has 0 aliphatic heterocycles. The molecule has 1 N–H and O–H groups in total. The monoisotopic (exact) mass is 421 g/mol. The third-order valence-corrected chi connectivity index (χ3v) is 6.37. The quantitative estimate of drug-likeness (QED) is 0.554. The summed E-state index contributed by atoms with van der Waals surface area (Å²) in [6, 6.07) is 14.6. The second-order valence-corrected chi connectivity index (χ2v) is 8.57. The molecule has 2 heterocycles. The molecule has 1 aliphatic rings. The third kappa shape index (κ3) is 5.48. The number of hydrogen-bond acceptors (Lipinski definition) is 5. The molecule has 30 heavy (non-hydrogen) atoms. The van der Waals surface area contributed by atoms with E-state index in [1.165, 1.54) is 36.6 Å². The van der Waals surface area contributed by atoms with E-state index in [0.717, 1.165) is 42.4 Å². The topological polar surface area (TPSA) is 72.7 Å². The van der Waals surface area contributed by atoms with Gasteiger partial charge in [0.1, 0.15) is 0 Å². The molecule has 3 aromatic rings. The molecule has 156 valence electrons. The Hall–Kier alpha value is -2.67. The molecule has 6 nitrogen and oxygen atoms in total. The molecule has 1 fully saturated rings. The Labute approximate surface area is 181 Å². The van der Waals surface area contributed by atoms with E-state index in [2.05, 4.69) is 49.3 Å². The smallest absolute Gasteiger partial charge is 0.230 e. The number of nitrogens with one attached hydrogen (secondary N) is 1. The summed E-state index contributed by atoms with van der Waals surface area (Å²) in [6.07, 6.45) is 10.3. The molecule has 0 spiro atoms. The summed E-state index contributed by atoms with van der Waals surface area (Å²) < 4.78 is 2.10. The van der Waals surface area contributed by atoms with Crippen LogP contribution in [0, 0.1) is 0 Å². The highest BCUT2D eigenvalue weighted by Gasteiger charge is 2.18. The molecule has 0 radical (unpaired) electrons. The Kier molecular flexibility index (Phi) is 7.13. The lowest BCUT2D eigenvalue weighted by atomic mass is 9.95. The number of pyridine rings is 1. The molecular weight excluding hydrogens is 394 g/mol. The number of aromatic nitrogens is 4. The first-order chi connectivity index (χ1) is 14.8. The van der Waals surface area contributed by atoms with Crippen molar-refractivity contribution in [1.82, 2.24) is 25.1 Å². The standard InChI is InChI=1S/C23H27N5OS/c29-21(25-20-11-5-2-6-12-20)17-30-23-27-26-22(19-10-7-14-24-16-19)28(23)15-13-18-8-3-1-4-9-18/h1,3-4,7-10,14,16,20H,2,5-6,11-13,15,17H2,(H,25,29). The maximum Gasteiger partial charge on any atom is 0.230 e. The predicted octanol–water partition coefficient (Wildman–Crippen LogP) is 4.12. The SMILES string of the molecule is O=C(CSc1nnc(-c2cccnc2)n1CCc1ccccc1)NC1CCCCC1. The van der Waals surface area contributed by atoms with Gasteiger partial charge in [-0.25, -0.2) is 0 Å². The van der Waals surface area contributed by atoms with Gasteiger partial charge >= 0.3 is 0 Å². The van der Waals surface area contributed by atoms with Crippen LogP contribution in [0.3, 0.4) is 0 Å². The fourth-order valence-electron chi connectivity index (χ4n) is 3.84. The Balaban J connectivity index is 1.46. The normalized spacial score (nSPS) is 14.5. The van der Waals surface area contributed by atoms with Crippen molar-refractivity contribution in [2.24, 2.45) is 0 Å². The lowest BCUT2D eigenvalue weighted by Gasteiger charge is -2.22. The van der Waals surface area contributed by atoms with Crippen molar-refractivity contribution in [3.63, 3.8) is 0 Å². The summed E-state index contributed by atoms with van der Waals surface area (Å²) in [5, 5.41) is 12.7. The average molecular weight is 422 g/mol. The van der Waals surface area contributed by atoms with E-state index in [-0.39, 0.29) is 5.91 Å². The second kappa shape index (κ2) is 10.4. The van der Waals surface area contributed by atoms with Crippen LogP contribution >= 0.6 is 11.8 Å². The van der Waals surface area contributed by atoms with Gasteiger partial charge in [0.2, 0.25) is 5.91 Å². The van der Waals surface area contributed by atoms with E-state index in [4.69, 9.17) is 0 Å². The van der Waals surface area contributed by atoms with Crippen LogP contribution in [0.15, 0.2) is 60.0 Å². The number of benzene rings is 1. The zero-order valence-electron chi connectivity index (χ0n) is 17.0. The second-order valence-electron chi connectivity index (χ2n) is 7.63. The number of nitrogens with zero attached hydrogens (tertiary/aromatic N) is 4. The Morgan fingerprint density at radius 2 is 1.90 bits per heavy atom. The fourth-order valence-corrected chi connectivity index (χ4v) is 4.61. The van der Waals surface area contributed by atoms with Crippen LogP contribution in [0.5, 0.6) is 0 Å². The largest absolute Gasteiger partial charge is 0.353 e. The van der Waals surface area contributed by atoms with Crippen LogP contribution in [0.4, 0.5) is 0 Å². The predicted molar refractivity (Wildman–Crippen MR) is 119 cm³/mol. The van der Waals surface area contributed by atoms with Gasteiger partial charge in [0, 0.05) is 30.5 Å². The van der Waals surface area contributed by atoms with E-state index < -0.39 is 0 Å². The maximum atomic E-state index is 12.5. The lowest BCUT2D eigenvalue weighted by molar-refractivity contribution is -0.119. The van der Waals surface area contributed by atoms with Crippen molar-refractivity contribution in [1.29, 1.82) is 0 Å². The highest BCUT2D eigenvalue weighted by atomic mass is 32.2. The van der Waals surface area contributed by atoms with Gasteiger partial charge in [-0.15, -0.1) is 10.2 Å². The van der Waals surface area contributed by atoms with Gasteiger partial charge < -0.3 is 9.88 Å². The number of carbonyl (C=O) groups excluding carboxylic acids is 1. The van der Waals surface area contributed by atoms with Crippen molar-refractivity contribution in [2.45, 2.75) is 56.3 Å². The summed E-state index contributed by atoms with van der Waals surface area (Å²) in [7, 11) is 0.